The van der Waals surface area contributed by atoms with Crippen molar-refractivity contribution in [2.75, 3.05) is 0 Å². The first kappa shape index (κ1) is 46.5. The van der Waals surface area contributed by atoms with Crippen molar-refractivity contribution in [1.82, 2.24) is 19.1 Å². The van der Waals surface area contributed by atoms with Gasteiger partial charge >= 0.3 is 0 Å². The van der Waals surface area contributed by atoms with Gasteiger partial charge in [-0.15, -0.1) is 0 Å². The van der Waals surface area contributed by atoms with E-state index in [-0.39, 0.29) is 0 Å². The fourth-order valence-corrected chi connectivity index (χ4v) is 12.8. The third kappa shape index (κ3) is 7.84. The fraction of sp³-hybridized carbons (Fsp3) is 0.0263. The van der Waals surface area contributed by atoms with Crippen LogP contribution in [-0.4, -0.2) is 19.1 Å². The van der Waals surface area contributed by atoms with Crippen LogP contribution in [0.15, 0.2) is 284 Å². The van der Waals surface area contributed by atoms with Gasteiger partial charge in [0.15, 0.2) is 0 Å². The molecule has 0 unspecified atom stereocenters. The normalized spacial score (nSPS) is 12.7. The molecule has 380 valence electrons. The Morgan fingerprint density at radius 2 is 0.864 bits per heavy atom. The number of para-hydroxylation sites is 3. The van der Waals surface area contributed by atoms with Crippen molar-refractivity contribution in [3.8, 4) is 67.1 Å². The minimum absolute atomic E-state index is 0.841. The predicted molar refractivity (Wildman–Crippen MR) is 337 cm³/mol. The second-order valence-electron chi connectivity index (χ2n) is 21.2. The number of nitrogens with zero attached hydrogens (tertiary/aromatic N) is 4. The monoisotopic (exact) mass is 1030 g/mol. The Bertz CT molecular complexity index is 5020. The molecule has 0 N–H and O–H groups in total. The maximum Gasteiger partial charge on any atom is 0.143 e. The molecule has 0 atom stereocenters. The van der Waals surface area contributed by atoms with Gasteiger partial charge in [-0.1, -0.05) is 146 Å². The van der Waals surface area contributed by atoms with Crippen molar-refractivity contribution in [3.05, 3.63) is 291 Å². The van der Waals surface area contributed by atoms with Gasteiger partial charge in [-0.25, -0.2) is 0 Å². The first-order chi connectivity index (χ1) is 40.2. The van der Waals surface area contributed by atoms with E-state index in [9.17, 15) is 0 Å². The first-order valence-electron chi connectivity index (χ1n) is 27.8. The molecule has 1 aliphatic carbocycles. The van der Waals surface area contributed by atoms with Crippen molar-refractivity contribution in [2.45, 2.75) is 12.8 Å². The van der Waals surface area contributed by atoms with Crippen LogP contribution in [0.25, 0.3) is 144 Å². The lowest BCUT2D eigenvalue weighted by Gasteiger charge is -2.17. The summed E-state index contributed by atoms with van der Waals surface area (Å²) in [7, 11) is 0. The highest BCUT2D eigenvalue weighted by Crippen LogP contribution is 2.45. The van der Waals surface area contributed by atoms with Crippen LogP contribution in [0.3, 0.4) is 0 Å². The summed E-state index contributed by atoms with van der Waals surface area (Å²) in [6, 6.07) is 92.3. The second-order valence-corrected chi connectivity index (χ2v) is 21.2. The summed E-state index contributed by atoms with van der Waals surface area (Å²) in [4.78, 5) is 9.56. The summed E-state index contributed by atoms with van der Waals surface area (Å²) in [5.74, 6) is 0. The lowest BCUT2D eigenvalue weighted by atomic mass is 9.89. The summed E-state index contributed by atoms with van der Waals surface area (Å²) in [5, 5.41) is 6.95. The number of benzene rings is 10. The highest BCUT2D eigenvalue weighted by molar-refractivity contribution is 6.16. The van der Waals surface area contributed by atoms with Crippen molar-refractivity contribution in [3.63, 3.8) is 0 Å². The lowest BCUT2D eigenvalue weighted by molar-refractivity contribution is 0.670. The molecule has 0 saturated carbocycles. The molecule has 81 heavy (non-hydrogen) atoms. The molecule has 0 radical (unpaired) electrons. The van der Waals surface area contributed by atoms with E-state index < -0.39 is 0 Å². The summed E-state index contributed by atoms with van der Waals surface area (Å²) >= 11 is 0. The van der Waals surface area contributed by atoms with Crippen LogP contribution in [0.1, 0.15) is 24.1 Å². The summed E-state index contributed by atoms with van der Waals surface area (Å²) in [6.07, 6.45) is 10.2. The topological polar surface area (TPSA) is 48.8 Å². The fourth-order valence-electron chi connectivity index (χ4n) is 12.8. The lowest BCUT2D eigenvalue weighted by Crippen LogP contribution is -1.97. The van der Waals surface area contributed by atoms with Crippen LogP contribution in [0.5, 0.6) is 0 Å². The zero-order valence-corrected chi connectivity index (χ0v) is 44.2. The van der Waals surface area contributed by atoms with Gasteiger partial charge in [-0.3, -0.25) is 9.97 Å². The van der Waals surface area contributed by atoms with Crippen molar-refractivity contribution in [1.29, 1.82) is 0 Å². The van der Waals surface area contributed by atoms with Gasteiger partial charge in [0.2, 0.25) is 0 Å². The maximum atomic E-state index is 7.06. The number of pyridine rings is 2. The van der Waals surface area contributed by atoms with E-state index in [1.54, 1.807) is 0 Å². The summed E-state index contributed by atoms with van der Waals surface area (Å²) in [6.45, 7) is 0. The Hall–Kier alpha value is -10.6. The van der Waals surface area contributed by atoms with Crippen molar-refractivity contribution >= 4 is 76.7 Å². The summed E-state index contributed by atoms with van der Waals surface area (Å²) in [5.41, 5.74) is 24.3. The molecule has 0 bridgehead atoms. The Kier molecular flexibility index (Phi) is 10.9. The number of hydrogen-bond donors (Lipinski definition) is 0. The van der Waals surface area contributed by atoms with E-state index in [0.717, 1.165) is 113 Å². The van der Waals surface area contributed by atoms with Gasteiger partial charge in [-0.2, -0.15) is 0 Å². The molecule has 5 aromatic heterocycles. The zero-order chi connectivity index (χ0) is 53.4. The Morgan fingerprint density at radius 3 is 1.59 bits per heavy atom. The predicted octanol–water partition coefficient (Wildman–Crippen LogP) is 20.2. The molecule has 16 rings (SSSR count). The number of fused-ring (bicyclic) bond motifs is 9. The molecule has 5 heterocycles. The van der Waals surface area contributed by atoms with Crippen LogP contribution < -0.4 is 0 Å². The van der Waals surface area contributed by atoms with Crippen LogP contribution in [0.4, 0.5) is 0 Å². The van der Waals surface area contributed by atoms with Gasteiger partial charge in [0, 0.05) is 72.8 Å². The molecule has 10 aromatic carbocycles. The number of rotatable bonds is 9. The number of hydrogen-bond acceptors (Lipinski definition) is 3. The highest BCUT2D eigenvalue weighted by Gasteiger charge is 2.22. The third-order valence-corrected chi connectivity index (χ3v) is 16.5. The molecule has 0 spiro atoms. The Morgan fingerprint density at radius 1 is 0.333 bits per heavy atom. The molecular weight excluding hydrogens is 985 g/mol. The van der Waals surface area contributed by atoms with Crippen LogP contribution in [0, 0.1) is 0 Å². The summed E-state index contributed by atoms with van der Waals surface area (Å²) < 4.78 is 11.8. The average Bonchev–Trinajstić information content (AvgIpc) is 4.38. The minimum Gasteiger partial charge on any atom is -0.455 e. The standard InChI is InChI=1S/C76H50N4O/c1-3-20-56(21-4-1)79-71-31-12-11-28-62(71)64-45-54(34-38-72(64)79)63-47-55(48-68-67-46-53(35-39-75(67)81-76(63)68)59-25-8-10-27-61(59)70-30-14-16-41-78-70)50-19-17-18-49(42-50)51-32-36-73-65(43-51)66-44-52(33-37-74(66)80(73)57-22-5-2-6-23-57)58-24-7-9-26-60(58)69-29-13-15-40-77-69/h1-6,8-23,25-48H,7,24H2. The van der Waals surface area contributed by atoms with Gasteiger partial charge in [-0.05, 0) is 184 Å². The first-order valence-corrected chi connectivity index (χ1v) is 27.8. The van der Waals surface area contributed by atoms with Crippen LogP contribution in [-0.2, 0) is 0 Å². The van der Waals surface area contributed by atoms with Crippen molar-refractivity contribution in [2.24, 2.45) is 0 Å². The molecule has 5 nitrogen and oxygen atoms in total. The van der Waals surface area contributed by atoms with E-state index in [0.29, 0.717) is 0 Å². The van der Waals surface area contributed by atoms with E-state index >= 15 is 0 Å². The zero-order valence-electron chi connectivity index (χ0n) is 44.2. The van der Waals surface area contributed by atoms with E-state index in [4.69, 9.17) is 14.4 Å². The number of aromatic nitrogens is 4. The van der Waals surface area contributed by atoms with Crippen LogP contribution in [0.2, 0.25) is 0 Å². The minimum atomic E-state index is 0.841. The average molecular weight is 1040 g/mol. The highest BCUT2D eigenvalue weighted by atomic mass is 16.3. The van der Waals surface area contributed by atoms with E-state index in [2.05, 4.69) is 258 Å². The van der Waals surface area contributed by atoms with Crippen molar-refractivity contribution < 1.29 is 4.42 Å². The SMILES string of the molecule is C1=CC(c2ccccn2)=C(c2ccc3c(c2)c2cc(-c4cccc(-c5cc(-c6ccc7c(c6)c6ccccc6n7-c6ccccc6)c6oc7ccc(-c8ccccc8-c8ccccn8)cc7c6c5)c4)ccc2n3-c2ccccc2)CC1. The molecule has 0 saturated heterocycles. The molecule has 15 aromatic rings. The molecular formula is C76H50N4O. The largest absolute Gasteiger partial charge is 0.455 e. The van der Waals surface area contributed by atoms with Crippen LogP contribution >= 0.6 is 0 Å². The quantitative estimate of drug-likeness (QED) is 0.145. The number of furan rings is 1. The van der Waals surface area contributed by atoms with Gasteiger partial charge < -0.3 is 13.6 Å². The van der Waals surface area contributed by atoms with Gasteiger partial charge in [0.05, 0.1) is 33.5 Å². The third-order valence-electron chi connectivity index (χ3n) is 16.5. The number of allylic oxidation sites excluding steroid dienone is 4. The smallest absolute Gasteiger partial charge is 0.143 e. The van der Waals surface area contributed by atoms with E-state index in [1.807, 2.05) is 30.6 Å². The Balaban J connectivity index is 0.881. The van der Waals surface area contributed by atoms with Gasteiger partial charge in [0.25, 0.3) is 0 Å². The molecule has 0 amide bonds. The molecule has 0 fully saturated rings. The second kappa shape index (κ2) is 19.1. The maximum absolute atomic E-state index is 7.06. The van der Waals surface area contributed by atoms with Gasteiger partial charge in [0.1, 0.15) is 11.2 Å². The molecule has 5 heteroatoms. The molecule has 0 aliphatic heterocycles. The van der Waals surface area contributed by atoms with E-state index in [1.165, 1.54) is 54.8 Å². The Labute approximate surface area is 468 Å². The molecule has 1 aliphatic rings.